The van der Waals surface area contributed by atoms with Gasteiger partial charge < -0.3 is 0 Å². The summed E-state index contributed by atoms with van der Waals surface area (Å²) in [5.74, 6) is 0. The Morgan fingerprint density at radius 1 is 0.387 bits per heavy atom. The lowest BCUT2D eigenvalue weighted by atomic mass is 9.99. The highest BCUT2D eigenvalue weighted by Crippen LogP contribution is 2.37. The molecular weight excluding hydrogens is 376 g/mol. The van der Waals surface area contributed by atoms with Gasteiger partial charge in [-0.2, -0.15) is 0 Å². The van der Waals surface area contributed by atoms with Crippen molar-refractivity contribution >= 4 is 0 Å². The Hall–Kier alpha value is -4.04. The van der Waals surface area contributed by atoms with E-state index < -0.39 is 0 Å². The van der Waals surface area contributed by atoms with Gasteiger partial charge in [0.1, 0.15) is 0 Å². The van der Waals surface area contributed by atoms with Crippen molar-refractivity contribution in [2.24, 2.45) is 0 Å². The van der Waals surface area contributed by atoms with E-state index >= 15 is 0 Å². The minimum absolute atomic E-state index is 0.891. The van der Waals surface area contributed by atoms with Crippen molar-refractivity contribution in [3.05, 3.63) is 121 Å². The number of hydrogen-bond donors (Lipinski definition) is 0. The molecule has 0 aliphatic rings. The van der Waals surface area contributed by atoms with E-state index in [1.807, 2.05) is 54.6 Å². The lowest BCUT2D eigenvalue weighted by Crippen LogP contribution is -2.00. The fourth-order valence-electron chi connectivity index (χ4n) is 3.82. The first-order valence-electron chi connectivity index (χ1n) is 10.4. The SMILES string of the molecule is Cc1cccc(-c2nc(-c3ccccc3)c(-c3ccccc3)nc2-c2ccccc2)c1. The summed E-state index contributed by atoms with van der Waals surface area (Å²) in [5.41, 5.74) is 9.02. The molecule has 0 bridgehead atoms. The number of aryl methyl sites for hydroxylation is 1. The first kappa shape index (κ1) is 19.0. The van der Waals surface area contributed by atoms with Crippen molar-refractivity contribution < 1.29 is 0 Å². The summed E-state index contributed by atoms with van der Waals surface area (Å²) >= 11 is 0. The zero-order chi connectivity index (χ0) is 21.0. The minimum Gasteiger partial charge on any atom is -0.243 e. The van der Waals surface area contributed by atoms with E-state index in [9.17, 15) is 0 Å². The lowest BCUT2D eigenvalue weighted by Gasteiger charge is -2.16. The predicted octanol–water partition coefficient (Wildman–Crippen LogP) is 7.45. The molecule has 2 heteroatoms. The van der Waals surface area contributed by atoms with E-state index in [4.69, 9.17) is 9.97 Å². The van der Waals surface area contributed by atoms with Crippen molar-refractivity contribution in [1.29, 1.82) is 0 Å². The molecule has 1 aromatic heterocycles. The highest BCUT2D eigenvalue weighted by molar-refractivity contribution is 5.86. The Labute approximate surface area is 182 Å². The van der Waals surface area contributed by atoms with Crippen molar-refractivity contribution in [3.63, 3.8) is 0 Å². The van der Waals surface area contributed by atoms with Crippen LogP contribution >= 0.6 is 0 Å². The van der Waals surface area contributed by atoms with Gasteiger partial charge >= 0.3 is 0 Å². The van der Waals surface area contributed by atoms with Gasteiger partial charge in [0.15, 0.2) is 0 Å². The van der Waals surface area contributed by atoms with E-state index in [1.54, 1.807) is 0 Å². The molecule has 0 aliphatic carbocycles. The lowest BCUT2D eigenvalue weighted by molar-refractivity contribution is 1.21. The second-order valence-electron chi connectivity index (χ2n) is 7.59. The Morgan fingerprint density at radius 3 is 1.13 bits per heavy atom. The molecule has 5 aromatic rings. The van der Waals surface area contributed by atoms with Gasteiger partial charge in [0.2, 0.25) is 0 Å². The van der Waals surface area contributed by atoms with Crippen LogP contribution in [0.15, 0.2) is 115 Å². The number of aromatic nitrogens is 2. The van der Waals surface area contributed by atoms with Gasteiger partial charge in [0.25, 0.3) is 0 Å². The minimum atomic E-state index is 0.891. The quantitative estimate of drug-likeness (QED) is 0.314. The molecule has 0 aliphatic heterocycles. The Balaban J connectivity index is 1.85. The molecule has 148 valence electrons. The van der Waals surface area contributed by atoms with Gasteiger partial charge in [-0.25, -0.2) is 9.97 Å². The van der Waals surface area contributed by atoms with Gasteiger partial charge in [0, 0.05) is 22.3 Å². The molecule has 0 atom stereocenters. The van der Waals surface area contributed by atoms with E-state index in [2.05, 4.69) is 67.6 Å². The largest absolute Gasteiger partial charge is 0.243 e. The third-order valence-corrected chi connectivity index (χ3v) is 5.33. The normalized spacial score (nSPS) is 10.7. The molecule has 0 spiro atoms. The summed E-state index contributed by atoms with van der Waals surface area (Å²) in [6, 6.07) is 39.4. The maximum absolute atomic E-state index is 5.24. The number of benzene rings is 4. The van der Waals surface area contributed by atoms with Gasteiger partial charge in [-0.3, -0.25) is 0 Å². The zero-order valence-corrected chi connectivity index (χ0v) is 17.4. The molecule has 0 fully saturated rings. The average Bonchev–Trinajstić information content (AvgIpc) is 2.85. The Bertz CT molecular complexity index is 1310. The van der Waals surface area contributed by atoms with Crippen LogP contribution in [0.2, 0.25) is 0 Å². The standard InChI is InChI=1S/C29H22N2/c1-21-12-11-19-25(20-21)29-28(24-17-9-4-10-18-24)30-26(22-13-5-2-6-14-22)27(31-29)23-15-7-3-8-16-23/h2-20H,1H3. The van der Waals surface area contributed by atoms with Crippen molar-refractivity contribution in [2.75, 3.05) is 0 Å². The summed E-state index contributed by atoms with van der Waals surface area (Å²) in [7, 11) is 0. The predicted molar refractivity (Wildman–Crippen MR) is 129 cm³/mol. The molecule has 4 aromatic carbocycles. The van der Waals surface area contributed by atoms with Crippen LogP contribution in [0.25, 0.3) is 45.0 Å². The summed E-state index contributed by atoms with van der Waals surface area (Å²) in [4.78, 5) is 10.5. The van der Waals surface area contributed by atoms with Gasteiger partial charge in [-0.1, -0.05) is 115 Å². The summed E-state index contributed by atoms with van der Waals surface area (Å²) in [5, 5.41) is 0. The summed E-state index contributed by atoms with van der Waals surface area (Å²) in [6.07, 6.45) is 0. The third kappa shape index (κ3) is 3.88. The van der Waals surface area contributed by atoms with Crippen LogP contribution in [-0.2, 0) is 0 Å². The molecule has 0 unspecified atom stereocenters. The van der Waals surface area contributed by atoms with Crippen LogP contribution in [0.3, 0.4) is 0 Å². The van der Waals surface area contributed by atoms with Crippen LogP contribution in [0.1, 0.15) is 5.56 Å². The fraction of sp³-hybridized carbons (Fsp3) is 0.0345. The molecule has 0 N–H and O–H groups in total. The molecule has 1 heterocycles. The Morgan fingerprint density at radius 2 is 0.742 bits per heavy atom. The molecule has 2 nitrogen and oxygen atoms in total. The smallest absolute Gasteiger partial charge is 0.0973 e. The second kappa shape index (κ2) is 8.37. The Kier molecular flexibility index (Phi) is 5.12. The molecule has 31 heavy (non-hydrogen) atoms. The van der Waals surface area contributed by atoms with Gasteiger partial charge in [-0.15, -0.1) is 0 Å². The van der Waals surface area contributed by atoms with Crippen molar-refractivity contribution in [2.45, 2.75) is 6.92 Å². The van der Waals surface area contributed by atoms with Crippen LogP contribution < -0.4 is 0 Å². The first-order valence-corrected chi connectivity index (χ1v) is 10.4. The van der Waals surface area contributed by atoms with Crippen LogP contribution in [0.4, 0.5) is 0 Å². The fourth-order valence-corrected chi connectivity index (χ4v) is 3.82. The second-order valence-corrected chi connectivity index (χ2v) is 7.59. The van der Waals surface area contributed by atoms with Crippen LogP contribution in [0.5, 0.6) is 0 Å². The maximum Gasteiger partial charge on any atom is 0.0973 e. The molecule has 0 radical (unpaired) electrons. The first-order chi connectivity index (χ1) is 15.3. The van der Waals surface area contributed by atoms with Crippen LogP contribution in [-0.4, -0.2) is 9.97 Å². The molecule has 0 amide bonds. The number of rotatable bonds is 4. The maximum atomic E-state index is 5.24. The van der Waals surface area contributed by atoms with E-state index in [1.165, 1.54) is 5.56 Å². The number of hydrogen-bond acceptors (Lipinski definition) is 2. The third-order valence-electron chi connectivity index (χ3n) is 5.33. The highest BCUT2D eigenvalue weighted by atomic mass is 14.9. The zero-order valence-electron chi connectivity index (χ0n) is 17.4. The van der Waals surface area contributed by atoms with E-state index in [0.29, 0.717) is 0 Å². The molecule has 0 saturated heterocycles. The number of nitrogens with zero attached hydrogens (tertiary/aromatic N) is 2. The van der Waals surface area contributed by atoms with Crippen LogP contribution in [0, 0.1) is 6.92 Å². The van der Waals surface area contributed by atoms with Gasteiger partial charge in [-0.05, 0) is 13.0 Å². The van der Waals surface area contributed by atoms with E-state index in [0.717, 1.165) is 45.0 Å². The molecular formula is C29H22N2. The van der Waals surface area contributed by atoms with E-state index in [-0.39, 0.29) is 0 Å². The monoisotopic (exact) mass is 398 g/mol. The van der Waals surface area contributed by atoms with Crippen molar-refractivity contribution in [1.82, 2.24) is 9.97 Å². The van der Waals surface area contributed by atoms with Gasteiger partial charge in [0.05, 0.1) is 22.8 Å². The summed E-state index contributed by atoms with van der Waals surface area (Å²) in [6.45, 7) is 2.11. The average molecular weight is 399 g/mol. The highest BCUT2D eigenvalue weighted by Gasteiger charge is 2.19. The molecule has 5 rings (SSSR count). The molecule has 0 saturated carbocycles. The summed E-state index contributed by atoms with van der Waals surface area (Å²) < 4.78 is 0. The topological polar surface area (TPSA) is 25.8 Å². The van der Waals surface area contributed by atoms with Crippen molar-refractivity contribution in [3.8, 4) is 45.0 Å².